The van der Waals surface area contributed by atoms with Crippen LogP contribution in [0.3, 0.4) is 0 Å². The Balaban J connectivity index is 4.63. The van der Waals surface area contributed by atoms with Gasteiger partial charge in [0.25, 0.3) is 0 Å². The molecule has 0 amide bonds. The van der Waals surface area contributed by atoms with E-state index in [1.807, 2.05) is 38.1 Å². The average molecular weight is 180 g/mol. The first-order chi connectivity index (χ1) is 5.99. The zero-order valence-corrected chi connectivity index (χ0v) is 9.33. The zero-order chi connectivity index (χ0) is 10.4. The Morgan fingerprint density at radius 3 is 2.23 bits per heavy atom. The Hall–Kier alpha value is -1.05. The van der Waals surface area contributed by atoms with Crippen LogP contribution in [0, 0.1) is 5.92 Å². The normalized spacial score (nSPS) is 12.6. The number of allylic oxidation sites excluding steroid dienone is 2. The van der Waals surface area contributed by atoms with Crippen molar-refractivity contribution in [3.05, 3.63) is 24.6 Å². The maximum Gasteiger partial charge on any atom is 0.121 e. The molecular weight excluding hydrogens is 160 g/mol. The Labute approximate surface area is 81.7 Å². The van der Waals surface area contributed by atoms with Crippen LogP contribution in [0.15, 0.2) is 29.5 Å². The van der Waals surface area contributed by atoms with Gasteiger partial charge >= 0.3 is 0 Å². The predicted octanol–water partition coefficient (Wildman–Crippen LogP) is 2.69. The fourth-order valence-corrected chi connectivity index (χ4v) is 0.779. The van der Waals surface area contributed by atoms with Crippen molar-refractivity contribution in [2.75, 3.05) is 14.1 Å². The summed E-state index contributed by atoms with van der Waals surface area (Å²) in [5.41, 5.74) is 1.07. The molecule has 0 aliphatic rings. The maximum absolute atomic E-state index is 4.43. The van der Waals surface area contributed by atoms with Crippen LogP contribution in [0.25, 0.3) is 0 Å². The zero-order valence-electron chi connectivity index (χ0n) is 9.33. The van der Waals surface area contributed by atoms with Crippen LogP contribution in [-0.4, -0.2) is 24.7 Å². The Morgan fingerprint density at radius 2 is 1.92 bits per heavy atom. The number of nitrogens with zero attached hydrogens (tertiary/aromatic N) is 2. The highest BCUT2D eigenvalue weighted by molar-refractivity contribution is 5.96. The van der Waals surface area contributed by atoms with Gasteiger partial charge in [-0.15, -0.1) is 0 Å². The van der Waals surface area contributed by atoms with Crippen LogP contribution in [-0.2, 0) is 0 Å². The molecule has 0 saturated carbocycles. The SMILES string of the molecule is C=C(N=C(/C=C\C)C(C)C)N(C)C. The van der Waals surface area contributed by atoms with Gasteiger partial charge < -0.3 is 4.90 Å². The Morgan fingerprint density at radius 1 is 1.38 bits per heavy atom. The van der Waals surface area contributed by atoms with E-state index < -0.39 is 0 Å². The molecule has 0 aromatic heterocycles. The molecule has 0 atom stereocenters. The van der Waals surface area contributed by atoms with Gasteiger partial charge in [0, 0.05) is 19.8 Å². The second-order valence-electron chi connectivity index (χ2n) is 3.50. The van der Waals surface area contributed by atoms with Crippen molar-refractivity contribution in [2.24, 2.45) is 10.9 Å². The second-order valence-corrected chi connectivity index (χ2v) is 3.50. The fraction of sp³-hybridized carbons (Fsp3) is 0.545. The quantitative estimate of drug-likeness (QED) is 0.607. The van der Waals surface area contributed by atoms with Crippen molar-refractivity contribution >= 4 is 5.71 Å². The third kappa shape index (κ3) is 4.51. The molecule has 74 valence electrons. The number of aliphatic imine (C=N–C) groups is 1. The summed E-state index contributed by atoms with van der Waals surface area (Å²) in [6.45, 7) is 10.1. The van der Waals surface area contributed by atoms with Crippen LogP contribution in [0.5, 0.6) is 0 Å². The first-order valence-corrected chi connectivity index (χ1v) is 4.56. The van der Waals surface area contributed by atoms with Crippen molar-refractivity contribution in [3.8, 4) is 0 Å². The Bertz CT molecular complexity index is 222. The van der Waals surface area contributed by atoms with Crippen molar-refractivity contribution in [3.63, 3.8) is 0 Å². The van der Waals surface area contributed by atoms with Gasteiger partial charge in [-0.3, -0.25) is 0 Å². The van der Waals surface area contributed by atoms with Gasteiger partial charge in [-0.05, 0) is 18.9 Å². The van der Waals surface area contributed by atoms with Crippen LogP contribution in [0.2, 0.25) is 0 Å². The lowest BCUT2D eigenvalue weighted by atomic mass is 10.1. The van der Waals surface area contributed by atoms with E-state index in [0.29, 0.717) is 5.92 Å². The molecule has 0 aliphatic heterocycles. The summed E-state index contributed by atoms with van der Waals surface area (Å²) in [5.74, 6) is 1.23. The standard InChI is InChI=1S/C11H20N2/c1-7-8-11(9(2)3)12-10(4)13(5)6/h7-9H,4H2,1-3,5-6H3/b8-7-,12-11?. The van der Waals surface area contributed by atoms with Gasteiger partial charge in [0.1, 0.15) is 5.82 Å². The summed E-state index contributed by atoms with van der Waals surface area (Å²) in [5, 5.41) is 0. The molecular formula is C11H20N2. The number of hydrogen-bond donors (Lipinski definition) is 0. The minimum Gasteiger partial charge on any atom is -0.363 e. The van der Waals surface area contributed by atoms with Gasteiger partial charge in [0.05, 0.1) is 0 Å². The lowest BCUT2D eigenvalue weighted by Crippen LogP contribution is -2.12. The molecule has 0 aliphatic carbocycles. The van der Waals surface area contributed by atoms with Gasteiger partial charge in [0.2, 0.25) is 0 Å². The molecule has 2 nitrogen and oxygen atoms in total. The topological polar surface area (TPSA) is 15.6 Å². The highest BCUT2D eigenvalue weighted by Gasteiger charge is 2.02. The highest BCUT2D eigenvalue weighted by atomic mass is 15.2. The molecule has 0 spiro atoms. The van der Waals surface area contributed by atoms with Crippen molar-refractivity contribution < 1.29 is 0 Å². The molecule has 0 bridgehead atoms. The van der Waals surface area contributed by atoms with Crippen LogP contribution in [0.1, 0.15) is 20.8 Å². The van der Waals surface area contributed by atoms with Crippen molar-refractivity contribution in [1.29, 1.82) is 0 Å². The molecule has 0 fully saturated rings. The highest BCUT2D eigenvalue weighted by Crippen LogP contribution is 2.05. The van der Waals surface area contributed by atoms with E-state index in [9.17, 15) is 0 Å². The molecule has 13 heavy (non-hydrogen) atoms. The van der Waals surface area contributed by atoms with Gasteiger partial charge in [-0.25, -0.2) is 4.99 Å². The first-order valence-electron chi connectivity index (χ1n) is 4.56. The lowest BCUT2D eigenvalue weighted by Gasteiger charge is -2.13. The molecule has 0 rings (SSSR count). The van der Waals surface area contributed by atoms with E-state index in [0.717, 1.165) is 11.5 Å². The minimum absolute atomic E-state index is 0.438. The van der Waals surface area contributed by atoms with Gasteiger partial charge in [-0.1, -0.05) is 26.5 Å². The number of hydrogen-bond acceptors (Lipinski definition) is 2. The van der Waals surface area contributed by atoms with E-state index in [-0.39, 0.29) is 0 Å². The molecule has 0 saturated heterocycles. The van der Waals surface area contributed by atoms with Gasteiger partial charge in [-0.2, -0.15) is 0 Å². The third-order valence-corrected chi connectivity index (χ3v) is 1.70. The summed E-state index contributed by atoms with van der Waals surface area (Å²) < 4.78 is 0. The van der Waals surface area contributed by atoms with E-state index in [1.54, 1.807) is 0 Å². The van der Waals surface area contributed by atoms with Crippen molar-refractivity contribution in [1.82, 2.24) is 4.90 Å². The summed E-state index contributed by atoms with van der Waals surface area (Å²) in [6, 6.07) is 0. The Kier molecular flexibility index (Phi) is 5.12. The third-order valence-electron chi connectivity index (χ3n) is 1.70. The summed E-state index contributed by atoms with van der Waals surface area (Å²) in [7, 11) is 3.89. The monoisotopic (exact) mass is 180 g/mol. The molecule has 0 N–H and O–H groups in total. The summed E-state index contributed by atoms with van der Waals surface area (Å²) in [6.07, 6.45) is 4.03. The van der Waals surface area contributed by atoms with E-state index in [4.69, 9.17) is 0 Å². The molecule has 0 unspecified atom stereocenters. The average Bonchev–Trinajstić information content (AvgIpc) is 2.03. The van der Waals surface area contributed by atoms with Crippen molar-refractivity contribution in [2.45, 2.75) is 20.8 Å². The summed E-state index contributed by atoms with van der Waals surface area (Å²) in [4.78, 5) is 6.34. The van der Waals surface area contributed by atoms with Crippen LogP contribution >= 0.6 is 0 Å². The van der Waals surface area contributed by atoms with Gasteiger partial charge in [0.15, 0.2) is 0 Å². The van der Waals surface area contributed by atoms with E-state index in [2.05, 4.69) is 25.4 Å². The molecule has 0 aromatic rings. The fourth-order valence-electron chi connectivity index (χ4n) is 0.779. The minimum atomic E-state index is 0.438. The molecule has 0 aromatic carbocycles. The molecule has 0 heterocycles. The predicted molar refractivity (Wildman–Crippen MR) is 59.9 cm³/mol. The van der Waals surface area contributed by atoms with Crippen LogP contribution in [0.4, 0.5) is 0 Å². The van der Waals surface area contributed by atoms with Crippen LogP contribution < -0.4 is 0 Å². The second kappa shape index (κ2) is 5.57. The maximum atomic E-state index is 4.43. The lowest BCUT2D eigenvalue weighted by molar-refractivity contribution is 0.508. The number of rotatable bonds is 4. The summed E-state index contributed by atoms with van der Waals surface area (Å²) >= 11 is 0. The molecule has 2 heteroatoms. The van der Waals surface area contributed by atoms with E-state index >= 15 is 0 Å². The largest absolute Gasteiger partial charge is 0.363 e. The molecule has 0 radical (unpaired) electrons. The smallest absolute Gasteiger partial charge is 0.121 e. The first kappa shape index (κ1) is 11.9. The van der Waals surface area contributed by atoms with E-state index in [1.165, 1.54) is 0 Å².